The molecule has 1 spiro atoms. The highest BCUT2D eigenvalue weighted by Crippen LogP contribution is 2.61. The summed E-state index contributed by atoms with van der Waals surface area (Å²) in [7, 11) is 1.77. The summed E-state index contributed by atoms with van der Waals surface area (Å²) in [5.41, 5.74) is 1.04. The van der Waals surface area contributed by atoms with Crippen molar-refractivity contribution in [3.63, 3.8) is 0 Å². The lowest BCUT2D eigenvalue weighted by Crippen LogP contribution is -2.53. The minimum Gasteiger partial charge on any atom is -0.396 e. The van der Waals surface area contributed by atoms with Gasteiger partial charge in [0.05, 0.1) is 16.6 Å². The average Bonchev–Trinajstić information content (AvgIpc) is 3.16. The Balaban J connectivity index is 1.54. The normalized spacial score (nSPS) is 32.5. The second-order valence-corrected chi connectivity index (χ2v) is 11.0. The van der Waals surface area contributed by atoms with E-state index in [0.29, 0.717) is 39.0 Å². The molecule has 4 heterocycles. The van der Waals surface area contributed by atoms with Crippen LogP contribution in [0.3, 0.4) is 0 Å². The van der Waals surface area contributed by atoms with Crippen molar-refractivity contribution in [3.8, 4) is 0 Å². The SMILES string of the molecule is CN1CC=C[C@H]2S[C@]34C=CCN(Cc5ccccc5)C(=O)C3N(CCCCO)C(=O)[C@@H]4[C@H]2C1=O. The molecule has 0 radical (unpaired) electrons. The topological polar surface area (TPSA) is 81.2 Å². The Bertz CT molecular complexity index is 1030. The zero-order valence-electron chi connectivity index (χ0n) is 19.4. The van der Waals surface area contributed by atoms with Gasteiger partial charge in [0.1, 0.15) is 6.04 Å². The number of hydrogen-bond acceptors (Lipinski definition) is 5. The number of aliphatic hydroxyl groups excluding tert-OH is 1. The van der Waals surface area contributed by atoms with Gasteiger partial charge in [-0.1, -0.05) is 54.6 Å². The number of carbonyl (C=O) groups is 3. The first-order valence-corrected chi connectivity index (χ1v) is 12.9. The van der Waals surface area contributed by atoms with Crippen molar-refractivity contribution in [1.82, 2.24) is 14.7 Å². The lowest BCUT2D eigenvalue weighted by atomic mass is 9.78. The number of benzene rings is 1. The first kappa shape index (κ1) is 23.2. The number of amides is 3. The highest BCUT2D eigenvalue weighted by atomic mass is 32.2. The number of thioether (sulfide) groups is 1. The summed E-state index contributed by atoms with van der Waals surface area (Å²) < 4.78 is -0.771. The van der Waals surface area contributed by atoms with E-state index >= 15 is 0 Å². The van der Waals surface area contributed by atoms with Crippen LogP contribution in [0.4, 0.5) is 0 Å². The molecule has 2 fully saturated rings. The molecule has 8 heteroatoms. The zero-order valence-corrected chi connectivity index (χ0v) is 20.2. The van der Waals surface area contributed by atoms with E-state index in [2.05, 4.69) is 12.2 Å². The quantitative estimate of drug-likeness (QED) is 0.494. The highest BCUT2D eigenvalue weighted by Gasteiger charge is 2.70. The van der Waals surface area contributed by atoms with Gasteiger partial charge >= 0.3 is 0 Å². The van der Waals surface area contributed by atoms with Crippen molar-refractivity contribution < 1.29 is 19.5 Å². The zero-order chi connectivity index (χ0) is 23.9. The Morgan fingerprint density at radius 3 is 2.59 bits per heavy atom. The van der Waals surface area contributed by atoms with Crippen LogP contribution in [0.15, 0.2) is 54.6 Å². The summed E-state index contributed by atoms with van der Waals surface area (Å²) in [5, 5.41) is 9.17. The predicted octanol–water partition coefficient (Wildman–Crippen LogP) is 1.68. The number of likely N-dealkylation sites (tertiary alicyclic amines) is 1. The Labute approximate surface area is 204 Å². The molecule has 5 atom stereocenters. The molecule has 0 saturated carbocycles. The van der Waals surface area contributed by atoms with E-state index in [1.165, 1.54) is 0 Å². The van der Waals surface area contributed by atoms with Gasteiger partial charge in [-0.25, -0.2) is 0 Å². The Morgan fingerprint density at radius 1 is 1.03 bits per heavy atom. The van der Waals surface area contributed by atoms with Crippen molar-refractivity contribution in [2.45, 2.75) is 35.4 Å². The molecule has 34 heavy (non-hydrogen) atoms. The van der Waals surface area contributed by atoms with Crippen molar-refractivity contribution in [1.29, 1.82) is 0 Å². The van der Waals surface area contributed by atoms with Crippen LogP contribution in [0.2, 0.25) is 0 Å². The summed E-state index contributed by atoms with van der Waals surface area (Å²) >= 11 is 1.61. The minimum atomic E-state index is -0.771. The van der Waals surface area contributed by atoms with Crippen LogP contribution < -0.4 is 0 Å². The monoisotopic (exact) mass is 481 g/mol. The van der Waals surface area contributed by atoms with E-state index in [4.69, 9.17) is 0 Å². The van der Waals surface area contributed by atoms with Crippen LogP contribution in [-0.4, -0.2) is 86.9 Å². The lowest BCUT2D eigenvalue weighted by Gasteiger charge is -2.35. The van der Waals surface area contributed by atoms with Gasteiger partial charge in [0.25, 0.3) is 0 Å². The summed E-state index contributed by atoms with van der Waals surface area (Å²) in [5.74, 6) is -1.26. The van der Waals surface area contributed by atoms with E-state index in [-0.39, 0.29) is 29.6 Å². The largest absolute Gasteiger partial charge is 0.396 e. The Morgan fingerprint density at radius 2 is 1.82 bits per heavy atom. The Kier molecular flexibility index (Phi) is 6.29. The number of likely N-dealkylation sites (N-methyl/N-ethyl adjacent to an activating group) is 1. The third-order valence-electron chi connectivity index (χ3n) is 7.47. The van der Waals surface area contributed by atoms with Gasteiger partial charge in [0.2, 0.25) is 17.7 Å². The molecule has 1 N–H and O–H groups in total. The van der Waals surface area contributed by atoms with Crippen LogP contribution in [0.25, 0.3) is 0 Å². The molecule has 0 aliphatic carbocycles. The van der Waals surface area contributed by atoms with Gasteiger partial charge in [-0.05, 0) is 18.4 Å². The number of hydrogen-bond donors (Lipinski definition) is 1. The summed E-state index contributed by atoms with van der Waals surface area (Å²) in [4.78, 5) is 46.6. The number of unbranched alkanes of at least 4 members (excludes halogenated alkanes) is 1. The van der Waals surface area contributed by atoms with Crippen LogP contribution in [0.1, 0.15) is 18.4 Å². The maximum atomic E-state index is 14.1. The average molecular weight is 482 g/mol. The van der Waals surface area contributed by atoms with Crippen LogP contribution in [0, 0.1) is 11.8 Å². The first-order valence-electron chi connectivity index (χ1n) is 12.0. The van der Waals surface area contributed by atoms with Crippen LogP contribution >= 0.6 is 11.8 Å². The molecular formula is C26H31N3O4S. The molecule has 180 valence electrons. The van der Waals surface area contributed by atoms with E-state index in [9.17, 15) is 19.5 Å². The van der Waals surface area contributed by atoms with Crippen LogP contribution in [0.5, 0.6) is 0 Å². The molecule has 4 aliphatic rings. The molecule has 0 aromatic heterocycles. The summed E-state index contributed by atoms with van der Waals surface area (Å²) in [6, 6.07) is 9.21. The lowest BCUT2D eigenvalue weighted by molar-refractivity contribution is -0.144. The van der Waals surface area contributed by atoms with Gasteiger partial charge in [-0.15, -0.1) is 11.8 Å². The first-order chi connectivity index (χ1) is 16.5. The molecule has 1 unspecified atom stereocenters. The van der Waals surface area contributed by atoms with Crippen molar-refractivity contribution in [2.75, 3.05) is 33.3 Å². The fourth-order valence-corrected chi connectivity index (χ4v) is 7.90. The Hall–Kier alpha value is -2.58. The second kappa shape index (κ2) is 9.23. The third-order valence-corrected chi connectivity index (χ3v) is 9.21. The van der Waals surface area contributed by atoms with E-state index in [1.54, 1.807) is 28.6 Å². The minimum absolute atomic E-state index is 0.0279. The number of fused-ring (bicyclic) bond motifs is 2. The van der Waals surface area contributed by atoms with Gasteiger partial charge in [0, 0.05) is 45.1 Å². The molecular weight excluding hydrogens is 450 g/mol. The molecule has 5 rings (SSSR count). The predicted molar refractivity (Wildman–Crippen MR) is 131 cm³/mol. The van der Waals surface area contributed by atoms with Crippen molar-refractivity contribution >= 4 is 29.5 Å². The van der Waals surface area contributed by atoms with Crippen LogP contribution in [-0.2, 0) is 20.9 Å². The molecule has 4 aliphatic heterocycles. The standard InChI is InChI=1S/C26H31N3O4S/c1-27-13-7-11-19-20(23(27)31)21-24(32)29(15-5-6-16-30)22-25(33)28(14-8-12-26(21,22)34-19)17-18-9-3-2-4-10-18/h2-4,7-12,19-22,30H,5-6,13-17H2,1H3/t19-,20+,21+,22?,26+/m1/s1. The number of rotatable bonds is 6. The van der Waals surface area contributed by atoms with Gasteiger partial charge in [-0.2, -0.15) is 0 Å². The van der Waals surface area contributed by atoms with Gasteiger partial charge < -0.3 is 19.8 Å². The number of carbonyl (C=O) groups excluding carboxylic acids is 3. The third kappa shape index (κ3) is 3.67. The number of aliphatic hydroxyl groups is 1. The molecule has 2 saturated heterocycles. The van der Waals surface area contributed by atoms with E-state index in [1.807, 2.05) is 47.4 Å². The second-order valence-electron chi connectivity index (χ2n) is 9.56. The summed E-state index contributed by atoms with van der Waals surface area (Å²) in [6.07, 6.45) is 9.29. The maximum Gasteiger partial charge on any atom is 0.247 e. The highest BCUT2D eigenvalue weighted by molar-refractivity contribution is 8.02. The molecule has 7 nitrogen and oxygen atoms in total. The fourth-order valence-electron chi connectivity index (χ4n) is 5.89. The molecule has 1 aromatic rings. The van der Waals surface area contributed by atoms with Gasteiger partial charge in [0.15, 0.2) is 0 Å². The van der Waals surface area contributed by atoms with Gasteiger partial charge in [-0.3, -0.25) is 14.4 Å². The molecule has 3 amide bonds. The van der Waals surface area contributed by atoms with Crippen molar-refractivity contribution in [3.05, 3.63) is 60.2 Å². The molecule has 1 aromatic carbocycles. The summed E-state index contributed by atoms with van der Waals surface area (Å²) in [6.45, 7) is 1.92. The smallest absolute Gasteiger partial charge is 0.247 e. The molecule has 0 bridgehead atoms. The fraction of sp³-hybridized carbons (Fsp3) is 0.500. The van der Waals surface area contributed by atoms with Crippen molar-refractivity contribution in [2.24, 2.45) is 11.8 Å². The number of nitrogens with zero attached hydrogens (tertiary/aromatic N) is 3. The van der Waals surface area contributed by atoms with E-state index in [0.717, 1.165) is 5.56 Å². The van der Waals surface area contributed by atoms with E-state index < -0.39 is 22.6 Å². The maximum absolute atomic E-state index is 14.1.